The van der Waals surface area contributed by atoms with Crippen LogP contribution in [0.15, 0.2) is 78.9 Å². The van der Waals surface area contributed by atoms with E-state index in [-0.39, 0.29) is 23.6 Å². The normalized spacial score (nSPS) is 17.9. The molecule has 4 rings (SSSR count). The zero-order valence-corrected chi connectivity index (χ0v) is 18.9. The number of rotatable bonds is 7. The van der Waals surface area contributed by atoms with Gasteiger partial charge in [-0.05, 0) is 41.2 Å². The van der Waals surface area contributed by atoms with Gasteiger partial charge in [0.15, 0.2) is 5.78 Å². The fraction of sp³-hybridized carbons (Fsp3) is 0.321. The molecule has 2 unspecified atom stereocenters. The molecule has 32 heavy (non-hydrogen) atoms. The Morgan fingerprint density at radius 1 is 1.00 bits per heavy atom. The van der Waals surface area contributed by atoms with Gasteiger partial charge in [0.2, 0.25) is 0 Å². The molecule has 1 aliphatic heterocycles. The third-order valence-electron chi connectivity index (χ3n) is 6.10. The average Bonchev–Trinajstić information content (AvgIpc) is 2.80. The Balaban J connectivity index is 1.68. The van der Waals surface area contributed by atoms with Crippen LogP contribution >= 0.6 is 0 Å². The van der Waals surface area contributed by atoms with Crippen LogP contribution in [0.1, 0.15) is 46.9 Å². The molecule has 0 aromatic heterocycles. The highest BCUT2D eigenvalue weighted by Gasteiger charge is 2.35. The third kappa shape index (κ3) is 5.09. The van der Waals surface area contributed by atoms with Crippen molar-refractivity contribution in [3.8, 4) is 5.75 Å². The first-order chi connectivity index (χ1) is 15.5. The van der Waals surface area contributed by atoms with Gasteiger partial charge in [0.1, 0.15) is 5.75 Å². The van der Waals surface area contributed by atoms with Gasteiger partial charge in [0, 0.05) is 25.2 Å². The number of piperazine rings is 1. The van der Waals surface area contributed by atoms with Crippen LogP contribution in [0.5, 0.6) is 5.75 Å². The van der Waals surface area contributed by atoms with Gasteiger partial charge >= 0.3 is 0 Å². The summed E-state index contributed by atoms with van der Waals surface area (Å²) in [5.41, 5.74) is 4.12. The molecule has 1 fully saturated rings. The maximum atomic E-state index is 13.6. The van der Waals surface area contributed by atoms with E-state index in [1.807, 2.05) is 48.5 Å². The van der Waals surface area contributed by atoms with Crippen molar-refractivity contribution in [3.63, 3.8) is 0 Å². The Kier molecular flexibility index (Phi) is 7.03. The van der Waals surface area contributed by atoms with Crippen LogP contribution in [-0.2, 0) is 6.42 Å². The summed E-state index contributed by atoms with van der Waals surface area (Å²) in [5, 5.41) is 13.6. The smallest absolute Gasteiger partial charge is 0.181 e. The molecular weight excluding hydrogens is 396 g/mol. The molecule has 3 aromatic rings. The van der Waals surface area contributed by atoms with E-state index in [2.05, 4.69) is 48.3 Å². The SMILES string of the molecule is CC(C)Cc1ccc(C(=O)C2CNCCN2C(c2ccccc2)c2cccc(O)c2)cc1. The van der Waals surface area contributed by atoms with E-state index in [9.17, 15) is 9.90 Å². The average molecular weight is 429 g/mol. The lowest BCUT2D eigenvalue weighted by Gasteiger charge is -2.41. The van der Waals surface area contributed by atoms with E-state index in [1.54, 1.807) is 6.07 Å². The molecule has 3 aromatic carbocycles. The predicted octanol–water partition coefficient (Wildman–Crippen LogP) is 4.84. The highest BCUT2D eigenvalue weighted by atomic mass is 16.3. The van der Waals surface area contributed by atoms with E-state index in [0.29, 0.717) is 12.5 Å². The van der Waals surface area contributed by atoms with Crippen molar-refractivity contribution in [2.24, 2.45) is 5.92 Å². The minimum atomic E-state index is -0.285. The van der Waals surface area contributed by atoms with Gasteiger partial charge in [-0.1, -0.05) is 80.6 Å². The van der Waals surface area contributed by atoms with Crippen LogP contribution in [0.4, 0.5) is 0 Å². The predicted molar refractivity (Wildman–Crippen MR) is 129 cm³/mol. The van der Waals surface area contributed by atoms with Crippen LogP contribution in [0, 0.1) is 5.92 Å². The number of carbonyl (C=O) groups excluding carboxylic acids is 1. The lowest BCUT2D eigenvalue weighted by molar-refractivity contribution is 0.0705. The van der Waals surface area contributed by atoms with Gasteiger partial charge in [-0.25, -0.2) is 0 Å². The van der Waals surface area contributed by atoms with Crippen molar-refractivity contribution < 1.29 is 9.90 Å². The van der Waals surface area contributed by atoms with Gasteiger partial charge in [0.05, 0.1) is 12.1 Å². The maximum Gasteiger partial charge on any atom is 0.181 e. The fourth-order valence-electron chi connectivity index (χ4n) is 4.65. The number of phenols is 1. The second kappa shape index (κ2) is 10.1. The molecule has 0 radical (unpaired) electrons. The number of Topliss-reactive ketones (excluding diaryl/α,β-unsaturated/α-hetero) is 1. The van der Waals surface area contributed by atoms with Gasteiger partial charge in [-0.2, -0.15) is 0 Å². The quantitative estimate of drug-likeness (QED) is 0.529. The minimum absolute atomic E-state index is 0.112. The summed E-state index contributed by atoms with van der Waals surface area (Å²) < 4.78 is 0. The Morgan fingerprint density at radius 2 is 1.72 bits per heavy atom. The Labute approximate surface area is 190 Å². The number of ketones is 1. The molecule has 1 aliphatic rings. The van der Waals surface area contributed by atoms with Crippen molar-refractivity contribution in [1.82, 2.24) is 10.2 Å². The van der Waals surface area contributed by atoms with Gasteiger partial charge < -0.3 is 10.4 Å². The molecule has 1 saturated heterocycles. The molecule has 2 atom stereocenters. The lowest BCUT2D eigenvalue weighted by atomic mass is 9.91. The molecule has 0 aliphatic carbocycles. The monoisotopic (exact) mass is 428 g/mol. The Hall–Kier alpha value is -2.95. The number of hydrogen-bond acceptors (Lipinski definition) is 4. The number of nitrogens with one attached hydrogen (secondary N) is 1. The standard InChI is InChI=1S/C28H32N2O2/c1-20(2)17-21-11-13-23(14-12-21)28(32)26-19-29-15-16-30(26)27(22-7-4-3-5-8-22)24-9-6-10-25(31)18-24/h3-14,18,20,26-27,29,31H,15-17,19H2,1-2H3. The highest BCUT2D eigenvalue weighted by molar-refractivity contribution is 6.00. The van der Waals surface area contributed by atoms with Gasteiger partial charge in [0.25, 0.3) is 0 Å². The topological polar surface area (TPSA) is 52.6 Å². The second-order valence-corrected chi connectivity index (χ2v) is 9.03. The number of phenolic OH excluding ortho intramolecular Hbond substituents is 1. The number of benzene rings is 3. The van der Waals surface area contributed by atoms with Crippen LogP contribution in [-0.4, -0.2) is 41.5 Å². The number of nitrogens with zero attached hydrogens (tertiary/aromatic N) is 1. The number of carbonyl (C=O) groups is 1. The van der Waals surface area contributed by atoms with Gasteiger partial charge in [-0.3, -0.25) is 9.69 Å². The summed E-state index contributed by atoms with van der Waals surface area (Å²) in [5.74, 6) is 0.958. The van der Waals surface area contributed by atoms with Crippen LogP contribution < -0.4 is 5.32 Å². The molecule has 4 nitrogen and oxygen atoms in total. The third-order valence-corrected chi connectivity index (χ3v) is 6.10. The highest BCUT2D eigenvalue weighted by Crippen LogP contribution is 2.33. The van der Waals surface area contributed by atoms with E-state index in [1.165, 1.54) is 5.56 Å². The van der Waals surface area contributed by atoms with Crippen LogP contribution in [0.2, 0.25) is 0 Å². The fourth-order valence-corrected chi connectivity index (χ4v) is 4.65. The van der Waals surface area contributed by atoms with Crippen molar-refractivity contribution in [2.75, 3.05) is 19.6 Å². The largest absolute Gasteiger partial charge is 0.508 e. The zero-order chi connectivity index (χ0) is 22.5. The van der Waals surface area contributed by atoms with Crippen LogP contribution in [0.3, 0.4) is 0 Å². The van der Waals surface area contributed by atoms with E-state index in [4.69, 9.17) is 0 Å². The number of aromatic hydroxyl groups is 1. The second-order valence-electron chi connectivity index (χ2n) is 9.03. The van der Waals surface area contributed by atoms with Crippen molar-refractivity contribution >= 4 is 5.78 Å². The van der Waals surface area contributed by atoms with Crippen molar-refractivity contribution in [2.45, 2.75) is 32.4 Å². The summed E-state index contributed by atoms with van der Waals surface area (Å²) in [6.07, 6.45) is 1.01. The van der Waals surface area contributed by atoms with Crippen LogP contribution in [0.25, 0.3) is 0 Å². The Morgan fingerprint density at radius 3 is 2.41 bits per heavy atom. The first-order valence-electron chi connectivity index (χ1n) is 11.5. The summed E-state index contributed by atoms with van der Waals surface area (Å²) in [6, 6.07) is 25.3. The summed E-state index contributed by atoms with van der Waals surface area (Å²) in [7, 11) is 0. The first-order valence-corrected chi connectivity index (χ1v) is 11.5. The van der Waals surface area contributed by atoms with Crippen molar-refractivity contribution in [3.05, 3.63) is 101 Å². The molecule has 2 N–H and O–H groups in total. The molecular formula is C28H32N2O2. The van der Waals surface area contributed by atoms with E-state index >= 15 is 0 Å². The molecule has 1 heterocycles. The molecule has 0 spiro atoms. The van der Waals surface area contributed by atoms with Gasteiger partial charge in [-0.15, -0.1) is 0 Å². The first kappa shape index (κ1) is 22.3. The molecule has 4 heteroatoms. The zero-order valence-electron chi connectivity index (χ0n) is 18.9. The maximum absolute atomic E-state index is 13.6. The van der Waals surface area contributed by atoms with E-state index in [0.717, 1.165) is 36.2 Å². The molecule has 166 valence electrons. The Bertz CT molecular complexity index is 1030. The summed E-state index contributed by atoms with van der Waals surface area (Å²) >= 11 is 0. The molecule has 0 bridgehead atoms. The molecule has 0 amide bonds. The minimum Gasteiger partial charge on any atom is -0.508 e. The number of hydrogen-bond donors (Lipinski definition) is 2. The molecule has 0 saturated carbocycles. The summed E-state index contributed by atoms with van der Waals surface area (Å²) in [4.78, 5) is 15.9. The summed E-state index contributed by atoms with van der Waals surface area (Å²) in [6.45, 7) is 6.58. The van der Waals surface area contributed by atoms with Crippen molar-refractivity contribution in [1.29, 1.82) is 0 Å². The lowest BCUT2D eigenvalue weighted by Crippen LogP contribution is -2.56. The van der Waals surface area contributed by atoms with E-state index < -0.39 is 0 Å².